The van der Waals surface area contributed by atoms with Crippen LogP contribution in [0.5, 0.6) is 0 Å². The van der Waals surface area contributed by atoms with Crippen molar-refractivity contribution >= 4 is 0 Å². The quantitative estimate of drug-likeness (QED) is 0.786. The first-order chi connectivity index (χ1) is 9.11. The Bertz CT molecular complexity index is 400. The number of halogens is 1. The van der Waals surface area contributed by atoms with E-state index in [4.69, 9.17) is 0 Å². The minimum Gasteiger partial charge on any atom is -0.310 e. The summed E-state index contributed by atoms with van der Waals surface area (Å²) in [6, 6.07) is 3.95. The molecular weight excluding hydrogens is 237 g/mol. The molecular formula is C17H26FN. The van der Waals surface area contributed by atoms with Crippen LogP contribution in [-0.4, -0.2) is 6.54 Å². The van der Waals surface area contributed by atoms with Crippen molar-refractivity contribution in [1.82, 2.24) is 5.32 Å². The number of benzene rings is 1. The smallest absolute Gasteiger partial charge is 0.128 e. The van der Waals surface area contributed by atoms with Crippen molar-refractivity contribution in [1.29, 1.82) is 0 Å². The van der Waals surface area contributed by atoms with Gasteiger partial charge in [-0.1, -0.05) is 32.3 Å². The van der Waals surface area contributed by atoms with E-state index in [1.54, 1.807) is 6.07 Å². The number of hydrogen-bond donors (Lipinski definition) is 1. The molecule has 1 aromatic rings. The maximum atomic E-state index is 14.3. The summed E-state index contributed by atoms with van der Waals surface area (Å²) in [5.74, 6) is 0.750. The summed E-state index contributed by atoms with van der Waals surface area (Å²) < 4.78 is 14.3. The monoisotopic (exact) mass is 263 g/mol. The number of rotatable bonds is 6. The van der Waals surface area contributed by atoms with E-state index in [-0.39, 0.29) is 11.9 Å². The molecule has 0 aromatic heterocycles. The van der Waals surface area contributed by atoms with Crippen LogP contribution >= 0.6 is 0 Å². The lowest BCUT2D eigenvalue weighted by atomic mass is 9.79. The van der Waals surface area contributed by atoms with E-state index in [0.29, 0.717) is 0 Å². The summed E-state index contributed by atoms with van der Waals surface area (Å²) in [6.07, 6.45) is 6.16. The van der Waals surface area contributed by atoms with Crippen LogP contribution in [0.3, 0.4) is 0 Å². The van der Waals surface area contributed by atoms with Gasteiger partial charge >= 0.3 is 0 Å². The van der Waals surface area contributed by atoms with E-state index in [1.165, 1.54) is 19.3 Å². The van der Waals surface area contributed by atoms with E-state index >= 15 is 0 Å². The summed E-state index contributed by atoms with van der Waals surface area (Å²) >= 11 is 0. The zero-order valence-electron chi connectivity index (χ0n) is 12.4. The van der Waals surface area contributed by atoms with Crippen LogP contribution in [0.15, 0.2) is 12.1 Å². The van der Waals surface area contributed by atoms with Gasteiger partial charge < -0.3 is 5.32 Å². The Morgan fingerprint density at radius 3 is 2.58 bits per heavy atom. The lowest BCUT2D eigenvalue weighted by Crippen LogP contribution is -2.28. The fraction of sp³-hybridized carbons (Fsp3) is 0.647. The molecule has 106 valence electrons. The Kier molecular flexibility index (Phi) is 4.98. The molecule has 1 aliphatic carbocycles. The van der Waals surface area contributed by atoms with Crippen LogP contribution in [0.1, 0.15) is 61.8 Å². The van der Waals surface area contributed by atoms with Crippen LogP contribution in [0.25, 0.3) is 0 Å². The Hall–Kier alpha value is -0.890. The van der Waals surface area contributed by atoms with Crippen molar-refractivity contribution in [2.75, 3.05) is 6.54 Å². The number of aryl methyl sites for hydroxylation is 2. The molecule has 1 fully saturated rings. The summed E-state index contributed by atoms with van der Waals surface area (Å²) in [7, 11) is 0. The molecule has 0 heterocycles. The predicted octanol–water partition coefficient (Wildman–Crippen LogP) is 4.67. The van der Waals surface area contributed by atoms with Gasteiger partial charge in [0.05, 0.1) is 0 Å². The topological polar surface area (TPSA) is 12.0 Å². The molecule has 1 atom stereocenters. The Labute approximate surface area is 116 Å². The van der Waals surface area contributed by atoms with Gasteiger partial charge in [0.15, 0.2) is 0 Å². The molecule has 1 N–H and O–H groups in total. The van der Waals surface area contributed by atoms with E-state index < -0.39 is 0 Å². The Morgan fingerprint density at radius 1 is 1.32 bits per heavy atom. The van der Waals surface area contributed by atoms with Gasteiger partial charge in [0.2, 0.25) is 0 Å². The van der Waals surface area contributed by atoms with Crippen LogP contribution in [0, 0.1) is 25.6 Å². The minimum absolute atomic E-state index is 0.0366. The molecule has 2 rings (SSSR count). The van der Waals surface area contributed by atoms with Gasteiger partial charge in [-0.15, -0.1) is 0 Å². The maximum absolute atomic E-state index is 14.3. The lowest BCUT2D eigenvalue weighted by Gasteiger charge is -2.31. The largest absolute Gasteiger partial charge is 0.310 e. The number of nitrogens with one attached hydrogen (secondary N) is 1. The second kappa shape index (κ2) is 6.51. The minimum atomic E-state index is -0.0366. The zero-order chi connectivity index (χ0) is 13.8. The third kappa shape index (κ3) is 3.56. The van der Waals surface area contributed by atoms with Gasteiger partial charge in [-0.05, 0) is 56.3 Å². The second-order valence-corrected chi connectivity index (χ2v) is 6.02. The van der Waals surface area contributed by atoms with Crippen LogP contribution in [0.4, 0.5) is 4.39 Å². The fourth-order valence-corrected chi connectivity index (χ4v) is 3.05. The molecule has 1 saturated carbocycles. The molecule has 1 aliphatic rings. The summed E-state index contributed by atoms with van der Waals surface area (Å²) in [5, 5.41) is 3.55. The number of hydrogen-bond acceptors (Lipinski definition) is 1. The lowest BCUT2D eigenvalue weighted by molar-refractivity contribution is 0.258. The fourth-order valence-electron chi connectivity index (χ4n) is 3.05. The first kappa shape index (κ1) is 14.5. The standard InChI is InChI=1S/C17H26FN/c1-4-8-19-16(11-14-6-5-7-14)17-13(3)9-12(2)10-15(17)18/h9-10,14,16,19H,4-8,11H2,1-3H3. The van der Waals surface area contributed by atoms with Crippen molar-refractivity contribution in [3.63, 3.8) is 0 Å². The maximum Gasteiger partial charge on any atom is 0.128 e. The Balaban J connectivity index is 2.20. The van der Waals surface area contributed by atoms with Crippen molar-refractivity contribution in [2.24, 2.45) is 5.92 Å². The van der Waals surface area contributed by atoms with Crippen LogP contribution in [-0.2, 0) is 0 Å². The molecule has 1 nitrogen and oxygen atoms in total. The molecule has 0 amide bonds. The molecule has 2 heteroatoms. The molecule has 19 heavy (non-hydrogen) atoms. The molecule has 0 aliphatic heterocycles. The summed E-state index contributed by atoms with van der Waals surface area (Å²) in [4.78, 5) is 0. The second-order valence-electron chi connectivity index (χ2n) is 6.02. The van der Waals surface area contributed by atoms with E-state index in [2.05, 4.69) is 18.3 Å². The van der Waals surface area contributed by atoms with Gasteiger partial charge in [0.1, 0.15) is 5.82 Å². The predicted molar refractivity (Wildman–Crippen MR) is 78.9 cm³/mol. The highest BCUT2D eigenvalue weighted by molar-refractivity contribution is 5.34. The third-order valence-electron chi connectivity index (χ3n) is 4.26. The first-order valence-corrected chi connectivity index (χ1v) is 7.61. The van der Waals surface area contributed by atoms with Gasteiger partial charge in [0, 0.05) is 11.6 Å². The molecule has 0 saturated heterocycles. The average Bonchev–Trinajstić information content (AvgIpc) is 2.28. The summed E-state index contributed by atoms with van der Waals surface area (Å²) in [5.41, 5.74) is 2.99. The SMILES string of the molecule is CCCNC(CC1CCC1)c1c(C)cc(C)cc1F. The average molecular weight is 263 g/mol. The van der Waals surface area contributed by atoms with Crippen LogP contribution < -0.4 is 5.32 Å². The molecule has 0 spiro atoms. The van der Waals surface area contributed by atoms with Gasteiger partial charge in [0.25, 0.3) is 0 Å². The highest BCUT2D eigenvalue weighted by Gasteiger charge is 2.25. The first-order valence-electron chi connectivity index (χ1n) is 7.61. The van der Waals surface area contributed by atoms with Crippen molar-refractivity contribution in [2.45, 2.75) is 58.9 Å². The van der Waals surface area contributed by atoms with Gasteiger partial charge in [-0.3, -0.25) is 0 Å². The molecule has 0 radical (unpaired) electrons. The van der Waals surface area contributed by atoms with Crippen molar-refractivity contribution in [3.05, 3.63) is 34.6 Å². The van der Waals surface area contributed by atoms with Crippen LogP contribution in [0.2, 0.25) is 0 Å². The third-order valence-corrected chi connectivity index (χ3v) is 4.26. The van der Waals surface area contributed by atoms with Crippen molar-refractivity contribution in [3.8, 4) is 0 Å². The van der Waals surface area contributed by atoms with Gasteiger partial charge in [-0.2, -0.15) is 0 Å². The highest BCUT2D eigenvalue weighted by Crippen LogP contribution is 2.36. The van der Waals surface area contributed by atoms with Gasteiger partial charge in [-0.25, -0.2) is 4.39 Å². The normalized spacial score (nSPS) is 17.3. The molecule has 1 unspecified atom stereocenters. The highest BCUT2D eigenvalue weighted by atomic mass is 19.1. The molecule has 1 aromatic carbocycles. The summed E-state index contributed by atoms with van der Waals surface area (Å²) in [6.45, 7) is 7.11. The van der Waals surface area contributed by atoms with E-state index in [0.717, 1.165) is 42.0 Å². The van der Waals surface area contributed by atoms with Crippen molar-refractivity contribution < 1.29 is 4.39 Å². The van der Waals surface area contributed by atoms with E-state index in [1.807, 2.05) is 13.8 Å². The van der Waals surface area contributed by atoms with E-state index in [9.17, 15) is 4.39 Å². The molecule has 0 bridgehead atoms. The Morgan fingerprint density at radius 2 is 2.05 bits per heavy atom. The zero-order valence-corrected chi connectivity index (χ0v) is 12.4.